The molecule has 0 bridgehead atoms. The minimum atomic E-state index is -2.65. The van der Waals surface area contributed by atoms with E-state index in [0.29, 0.717) is 18.0 Å². The molecule has 0 radical (unpaired) electrons. The molecule has 3 rings (SSSR count). The third-order valence-electron chi connectivity index (χ3n) is 5.60. The third kappa shape index (κ3) is 6.77. The first-order chi connectivity index (χ1) is 13.8. The van der Waals surface area contributed by atoms with Gasteiger partial charge in [-0.05, 0) is 44.3 Å². The zero-order chi connectivity index (χ0) is 20.9. The quantitative estimate of drug-likeness (QED) is 0.703. The molecule has 164 valence electrons. The van der Waals surface area contributed by atoms with Crippen LogP contribution in [0.4, 0.5) is 8.78 Å². The second-order valence-corrected chi connectivity index (χ2v) is 8.22. The van der Waals surface area contributed by atoms with Crippen LogP contribution in [0.25, 0.3) is 0 Å². The van der Waals surface area contributed by atoms with E-state index < -0.39 is 12.0 Å². The summed E-state index contributed by atoms with van der Waals surface area (Å²) in [5.74, 6) is -1.48. The van der Waals surface area contributed by atoms with Crippen molar-refractivity contribution >= 4 is 0 Å². The van der Waals surface area contributed by atoms with Crippen LogP contribution in [0, 0.1) is 0 Å². The molecule has 1 unspecified atom stereocenters. The second kappa shape index (κ2) is 10.0. The van der Waals surface area contributed by atoms with Gasteiger partial charge in [-0.3, -0.25) is 9.80 Å². The number of hydrogen-bond acceptors (Lipinski definition) is 6. The molecule has 2 saturated heterocycles. The summed E-state index contributed by atoms with van der Waals surface area (Å²) in [5, 5.41) is 10.2. The zero-order valence-corrected chi connectivity index (χ0v) is 17.4. The van der Waals surface area contributed by atoms with E-state index in [2.05, 4.69) is 16.8 Å². The smallest absolute Gasteiger partial charge is 0.261 e. The van der Waals surface area contributed by atoms with Crippen molar-refractivity contribution in [2.75, 3.05) is 66.6 Å². The predicted molar refractivity (Wildman–Crippen MR) is 108 cm³/mol. The summed E-state index contributed by atoms with van der Waals surface area (Å²) in [5.41, 5.74) is 1.12. The van der Waals surface area contributed by atoms with Crippen molar-refractivity contribution in [3.05, 3.63) is 23.8 Å². The van der Waals surface area contributed by atoms with E-state index in [1.165, 1.54) is 0 Å². The van der Waals surface area contributed by atoms with E-state index in [1.807, 2.05) is 18.2 Å². The lowest BCUT2D eigenvalue weighted by atomic mass is 10.2. The van der Waals surface area contributed by atoms with Crippen molar-refractivity contribution in [1.29, 1.82) is 0 Å². The van der Waals surface area contributed by atoms with Gasteiger partial charge >= 0.3 is 0 Å². The van der Waals surface area contributed by atoms with Crippen molar-refractivity contribution in [1.82, 2.24) is 14.7 Å². The molecule has 1 N–H and O–H groups in total. The first kappa shape index (κ1) is 22.2. The largest absolute Gasteiger partial charge is 0.493 e. The Kier molecular flexibility index (Phi) is 7.67. The third-order valence-corrected chi connectivity index (χ3v) is 5.60. The van der Waals surface area contributed by atoms with Crippen LogP contribution in [0.5, 0.6) is 11.5 Å². The summed E-state index contributed by atoms with van der Waals surface area (Å²) in [6, 6.07) is 5.86. The SMILES string of the molecule is COc1ccc(CN2CCCN(C)CC2)cc1OCC(O)CN1CCC(F)(F)C1. The Morgan fingerprint density at radius 3 is 2.66 bits per heavy atom. The number of methoxy groups -OCH3 is 1. The Bertz CT molecular complexity index is 662. The van der Waals surface area contributed by atoms with Crippen molar-refractivity contribution in [3.63, 3.8) is 0 Å². The predicted octanol–water partition coefficient (Wildman–Crippen LogP) is 1.91. The first-order valence-electron chi connectivity index (χ1n) is 10.3. The number of benzene rings is 1. The number of β-amino-alcohol motifs (C(OH)–C–C–N with tert-alkyl or cyclic N) is 1. The lowest BCUT2D eigenvalue weighted by Crippen LogP contribution is -2.35. The van der Waals surface area contributed by atoms with Crippen LogP contribution < -0.4 is 9.47 Å². The molecule has 2 fully saturated rings. The molecule has 6 nitrogen and oxygen atoms in total. The molecule has 1 aromatic rings. The van der Waals surface area contributed by atoms with Gasteiger partial charge in [0.05, 0.1) is 13.7 Å². The monoisotopic (exact) mass is 413 g/mol. The second-order valence-electron chi connectivity index (χ2n) is 8.22. The molecule has 0 saturated carbocycles. The van der Waals surface area contributed by atoms with Gasteiger partial charge in [0.1, 0.15) is 12.7 Å². The van der Waals surface area contributed by atoms with Crippen molar-refractivity contribution in [2.24, 2.45) is 0 Å². The number of aliphatic hydroxyl groups is 1. The molecule has 2 aliphatic heterocycles. The molecule has 0 amide bonds. The van der Waals surface area contributed by atoms with E-state index >= 15 is 0 Å². The Hall–Kier alpha value is -1.48. The van der Waals surface area contributed by atoms with Crippen LogP contribution in [0.1, 0.15) is 18.4 Å². The maximum absolute atomic E-state index is 13.3. The van der Waals surface area contributed by atoms with Crippen LogP contribution in [0.15, 0.2) is 18.2 Å². The molecule has 29 heavy (non-hydrogen) atoms. The summed E-state index contributed by atoms with van der Waals surface area (Å²) in [6.45, 7) is 5.32. The van der Waals surface area contributed by atoms with E-state index in [0.717, 1.165) is 44.7 Å². The summed E-state index contributed by atoms with van der Waals surface area (Å²) in [7, 11) is 3.73. The molecule has 0 aromatic heterocycles. The molecular formula is C21H33F2N3O3. The van der Waals surface area contributed by atoms with Crippen molar-refractivity contribution in [3.8, 4) is 11.5 Å². The number of ether oxygens (including phenoxy) is 2. The van der Waals surface area contributed by atoms with Crippen LogP contribution in [0.2, 0.25) is 0 Å². The topological polar surface area (TPSA) is 48.4 Å². The van der Waals surface area contributed by atoms with Gasteiger partial charge in [-0.25, -0.2) is 8.78 Å². The Morgan fingerprint density at radius 1 is 1.10 bits per heavy atom. The van der Waals surface area contributed by atoms with Crippen LogP contribution in [-0.4, -0.2) is 98.4 Å². The molecule has 8 heteroatoms. The summed E-state index contributed by atoms with van der Waals surface area (Å²) >= 11 is 0. The fourth-order valence-electron chi connectivity index (χ4n) is 3.95. The molecule has 0 aliphatic carbocycles. The van der Waals surface area contributed by atoms with E-state index in [4.69, 9.17) is 9.47 Å². The number of halogens is 2. The zero-order valence-electron chi connectivity index (χ0n) is 17.4. The minimum Gasteiger partial charge on any atom is -0.493 e. The molecule has 1 aromatic carbocycles. The van der Waals surface area contributed by atoms with Gasteiger partial charge in [0, 0.05) is 39.1 Å². The van der Waals surface area contributed by atoms with Crippen LogP contribution in [-0.2, 0) is 6.54 Å². The summed E-state index contributed by atoms with van der Waals surface area (Å²) in [6.07, 6.45) is 0.166. The van der Waals surface area contributed by atoms with Gasteiger partial charge < -0.3 is 19.5 Å². The van der Waals surface area contributed by atoms with Crippen molar-refractivity contribution < 1.29 is 23.4 Å². The van der Waals surface area contributed by atoms with Gasteiger partial charge in [-0.2, -0.15) is 0 Å². The number of alkyl halides is 2. The average molecular weight is 414 g/mol. The fourth-order valence-corrected chi connectivity index (χ4v) is 3.95. The lowest BCUT2D eigenvalue weighted by molar-refractivity contribution is 0.00454. The minimum absolute atomic E-state index is 0.0381. The van der Waals surface area contributed by atoms with E-state index in [9.17, 15) is 13.9 Å². The van der Waals surface area contributed by atoms with Crippen molar-refractivity contribution in [2.45, 2.75) is 31.4 Å². The van der Waals surface area contributed by atoms with Gasteiger partial charge in [-0.1, -0.05) is 6.07 Å². The molecule has 2 aliphatic rings. The highest BCUT2D eigenvalue weighted by Gasteiger charge is 2.38. The highest BCUT2D eigenvalue weighted by molar-refractivity contribution is 5.43. The number of rotatable bonds is 8. The number of nitrogens with zero attached hydrogens (tertiary/aromatic N) is 3. The Morgan fingerprint density at radius 2 is 1.93 bits per heavy atom. The normalized spacial score (nSPS) is 22.4. The van der Waals surface area contributed by atoms with E-state index in [1.54, 1.807) is 12.0 Å². The highest BCUT2D eigenvalue weighted by atomic mass is 19.3. The molecule has 2 heterocycles. The average Bonchev–Trinajstić information content (AvgIpc) is 2.88. The highest BCUT2D eigenvalue weighted by Crippen LogP contribution is 2.29. The van der Waals surface area contributed by atoms with Gasteiger partial charge in [0.15, 0.2) is 11.5 Å². The molecule has 0 spiro atoms. The number of aliphatic hydroxyl groups excluding tert-OH is 1. The number of likely N-dealkylation sites (tertiary alicyclic amines) is 1. The standard InChI is InChI=1S/C21H33F2N3O3/c1-24-7-3-8-25(11-10-24)13-17-4-5-19(28-2)20(12-17)29-15-18(27)14-26-9-6-21(22,23)16-26/h4-5,12,18,27H,3,6-11,13-16H2,1-2H3. The Balaban J connectivity index is 1.54. The number of hydrogen-bond donors (Lipinski definition) is 1. The molecule has 1 atom stereocenters. The molecular weight excluding hydrogens is 380 g/mol. The van der Waals surface area contributed by atoms with E-state index in [-0.39, 0.29) is 26.1 Å². The van der Waals surface area contributed by atoms with Gasteiger partial charge in [-0.15, -0.1) is 0 Å². The van der Waals surface area contributed by atoms with Crippen LogP contribution >= 0.6 is 0 Å². The maximum atomic E-state index is 13.3. The summed E-state index contributed by atoms with van der Waals surface area (Å²) in [4.78, 5) is 6.36. The van der Waals surface area contributed by atoms with Gasteiger partial charge in [0.2, 0.25) is 0 Å². The Labute approximate surface area is 172 Å². The number of likely N-dealkylation sites (N-methyl/N-ethyl adjacent to an activating group) is 1. The lowest BCUT2D eigenvalue weighted by Gasteiger charge is -2.22. The summed E-state index contributed by atoms with van der Waals surface area (Å²) < 4.78 is 37.8. The maximum Gasteiger partial charge on any atom is 0.261 e. The fraction of sp³-hybridized carbons (Fsp3) is 0.714. The van der Waals surface area contributed by atoms with Crippen LogP contribution in [0.3, 0.4) is 0 Å². The first-order valence-corrected chi connectivity index (χ1v) is 10.3. The van der Waals surface area contributed by atoms with Gasteiger partial charge in [0.25, 0.3) is 5.92 Å².